The summed E-state index contributed by atoms with van der Waals surface area (Å²) in [7, 11) is -5.24. The van der Waals surface area contributed by atoms with Crippen molar-refractivity contribution < 1.29 is 50.4 Å². The van der Waals surface area contributed by atoms with Crippen molar-refractivity contribution in [3.05, 3.63) is 65.2 Å². The third-order valence-electron chi connectivity index (χ3n) is 11.7. The minimum Gasteiger partial charge on any atom is -0.480 e. The van der Waals surface area contributed by atoms with Crippen LogP contribution in [0.25, 0.3) is 0 Å². The molecule has 1 aliphatic heterocycles. The van der Waals surface area contributed by atoms with Crippen LogP contribution in [0.1, 0.15) is 113 Å². The van der Waals surface area contributed by atoms with Crippen LogP contribution in [-0.4, -0.2) is 159 Å². The number of likely N-dealkylation sites (N-methyl/N-ethyl adjacent to an activating group) is 1. The topological polar surface area (TPSA) is 227 Å². The Kier molecular flexibility index (Phi) is 26.1. The number of carbonyl (C=O) groups is 6. The number of hydrogen-bond donors (Lipinski definition) is 5. The maximum Gasteiger partial charge on any atom is 0.488 e. The van der Waals surface area contributed by atoms with E-state index in [0.29, 0.717) is 75.3 Å². The summed E-state index contributed by atoms with van der Waals surface area (Å²) in [5.41, 5.74) is 1.43. The number of benzene rings is 2. The third kappa shape index (κ3) is 23.2. The van der Waals surface area contributed by atoms with Crippen LogP contribution in [0.3, 0.4) is 0 Å². The molecule has 5 N–H and O–H groups in total. The van der Waals surface area contributed by atoms with Crippen molar-refractivity contribution in [2.75, 3.05) is 78.5 Å². The van der Waals surface area contributed by atoms with Gasteiger partial charge in [-0.25, -0.2) is 0 Å². The molecule has 2 unspecified atom stereocenters. The summed E-state index contributed by atoms with van der Waals surface area (Å²) in [4.78, 5) is 85.7. The Balaban J connectivity index is 1.60. The maximum absolute atomic E-state index is 13.7. The molecule has 2 aromatic carbocycles. The highest BCUT2D eigenvalue weighted by molar-refractivity contribution is 7.81. The Labute approximate surface area is 402 Å². The molecule has 0 spiro atoms. The smallest absolute Gasteiger partial charge is 0.480 e. The van der Waals surface area contributed by atoms with Gasteiger partial charge in [0.1, 0.15) is 17.8 Å². The Hall–Kier alpha value is -5.18. The molecule has 0 bridgehead atoms. The van der Waals surface area contributed by atoms with Crippen LogP contribution in [0.5, 0.6) is 5.75 Å². The molecule has 1 saturated heterocycles. The maximum atomic E-state index is 13.7. The van der Waals surface area contributed by atoms with Gasteiger partial charge in [0.25, 0.3) is 5.91 Å². The van der Waals surface area contributed by atoms with Crippen LogP contribution in [0, 0.1) is 0 Å². The second kappa shape index (κ2) is 31.0. The van der Waals surface area contributed by atoms with Crippen LogP contribution >= 0.6 is 0 Å². The Bertz CT molecular complexity index is 2020. The Morgan fingerprint density at radius 1 is 0.765 bits per heavy atom. The second-order valence-electron chi connectivity index (χ2n) is 17.3. The number of unbranched alkanes of at least 4 members (excludes halogenated alkanes) is 3. The van der Waals surface area contributed by atoms with E-state index in [-0.39, 0.29) is 56.5 Å². The van der Waals surface area contributed by atoms with Gasteiger partial charge in [0.2, 0.25) is 23.6 Å². The van der Waals surface area contributed by atoms with Gasteiger partial charge in [-0.2, -0.15) is 8.42 Å². The summed E-state index contributed by atoms with van der Waals surface area (Å²) in [5, 5.41) is 21.0. The van der Waals surface area contributed by atoms with E-state index in [4.69, 9.17) is 0 Å². The number of aliphatic carboxylic acids is 1. The number of rotatable bonds is 34. The molecule has 3 rings (SSSR count). The van der Waals surface area contributed by atoms with E-state index >= 15 is 0 Å². The molecule has 18 nitrogen and oxygen atoms in total. The average molecular weight is 975 g/mol. The molecule has 68 heavy (non-hydrogen) atoms. The van der Waals surface area contributed by atoms with Gasteiger partial charge >= 0.3 is 16.5 Å². The lowest BCUT2D eigenvalue weighted by molar-refractivity contribution is -0.138. The van der Waals surface area contributed by atoms with Crippen molar-refractivity contribution in [3.63, 3.8) is 0 Å². The molecule has 0 aliphatic carbocycles. The lowest BCUT2D eigenvalue weighted by Crippen LogP contribution is -2.46. The van der Waals surface area contributed by atoms with Crippen molar-refractivity contribution in [2.45, 2.75) is 117 Å². The predicted octanol–water partition coefficient (Wildman–Crippen LogP) is 3.65. The summed E-state index contributed by atoms with van der Waals surface area (Å²) in [6.07, 6.45) is 7.04. The van der Waals surface area contributed by atoms with Gasteiger partial charge in [-0.05, 0) is 113 Å². The number of halogens is 1. The second-order valence-corrected chi connectivity index (χ2v) is 18.3. The number of aryl methyl sites for hydroxylation is 1. The Morgan fingerprint density at radius 3 is 2.10 bits per heavy atom. The highest BCUT2D eigenvalue weighted by Crippen LogP contribution is 2.18. The van der Waals surface area contributed by atoms with E-state index in [9.17, 15) is 46.2 Å². The van der Waals surface area contributed by atoms with Gasteiger partial charge in [0, 0.05) is 64.3 Å². The summed E-state index contributed by atoms with van der Waals surface area (Å²) in [6, 6.07) is 10.6. The molecule has 1 fully saturated rings. The number of carboxylic acid groups (broad SMARTS) is 1. The van der Waals surface area contributed by atoms with Crippen molar-refractivity contribution >= 4 is 46.0 Å². The van der Waals surface area contributed by atoms with E-state index in [1.807, 2.05) is 4.90 Å². The van der Waals surface area contributed by atoms with E-state index < -0.39 is 46.3 Å². The van der Waals surface area contributed by atoms with Gasteiger partial charge in [-0.15, -0.1) is 0 Å². The Morgan fingerprint density at radius 2 is 1.44 bits per heavy atom. The van der Waals surface area contributed by atoms with E-state index in [0.717, 1.165) is 58.2 Å². The van der Waals surface area contributed by atoms with Crippen LogP contribution in [-0.2, 0) is 47.4 Å². The fourth-order valence-electron chi connectivity index (χ4n) is 7.94. The first-order valence-electron chi connectivity index (χ1n) is 24.1. The summed E-state index contributed by atoms with van der Waals surface area (Å²) < 4.78 is 39.4. The zero-order chi connectivity index (χ0) is 49.9. The highest BCUT2D eigenvalue weighted by Gasteiger charge is 2.25. The first-order chi connectivity index (χ1) is 32.5. The molecule has 0 radical (unpaired) electrons. The number of hydrogen-bond acceptors (Lipinski definition) is 12. The molecule has 2 aromatic rings. The first kappa shape index (κ1) is 57.1. The van der Waals surface area contributed by atoms with Crippen molar-refractivity contribution in [2.24, 2.45) is 0 Å². The monoisotopic (exact) mass is 975 g/mol. The normalized spacial score (nSPS) is 13.6. The van der Waals surface area contributed by atoms with Gasteiger partial charge in [-0.1, -0.05) is 61.8 Å². The molecule has 0 aromatic heterocycles. The van der Waals surface area contributed by atoms with Crippen molar-refractivity contribution in [3.8, 4) is 5.75 Å². The van der Waals surface area contributed by atoms with Crippen LogP contribution in [0.15, 0.2) is 48.5 Å². The largest absolute Gasteiger partial charge is 0.488 e. The zero-order valence-electron chi connectivity index (χ0n) is 40.4. The average Bonchev–Trinajstić information content (AvgIpc) is 3.84. The minimum atomic E-state index is -5.24. The quantitative estimate of drug-likeness (QED) is 0.0500. The van der Waals surface area contributed by atoms with E-state index in [2.05, 4.69) is 56.0 Å². The SMILES string of the molecule is CCCCCN(CCN(CCN(CC)CCC)CC(=O)O)CC(=O)NCCCCC(NC(=O)CCc1cccc(OS(=O)(=O)F)c1)C(=O)NCc1cccc(C(=O)NC(C)C(=O)N2CCCC2)c1. The van der Waals surface area contributed by atoms with Gasteiger partial charge in [0.05, 0.1) is 13.1 Å². The number of carbonyl (C=O) groups excluding carboxylic acids is 5. The summed E-state index contributed by atoms with van der Waals surface area (Å²) in [6.45, 7) is 14.7. The molecule has 1 aliphatic rings. The molecule has 0 saturated carbocycles. The lowest BCUT2D eigenvalue weighted by Gasteiger charge is -2.28. The van der Waals surface area contributed by atoms with Crippen LogP contribution in [0.4, 0.5) is 3.89 Å². The van der Waals surface area contributed by atoms with Crippen LogP contribution < -0.4 is 25.5 Å². The number of carboxylic acids is 1. The fraction of sp³-hybridized carbons (Fsp3) is 0.625. The third-order valence-corrected chi connectivity index (χ3v) is 12.1. The number of likely N-dealkylation sites (tertiary alicyclic amines) is 1. The standard InChI is InChI=1S/C48H75FN8O10S/c1-5-8-11-25-55(30-31-56(36-45(60)61)29-28-54(7-3)24-6-2)35-44(59)50-23-10-9-20-42(53-43(58)22-21-38-16-15-19-41(33-38)67-68(49,65)66)47(63)51-34-39-17-14-18-40(32-39)46(62)52-37(4)48(64)57-26-12-13-27-57/h14-19,32-33,37,42H,5-13,20-31,34-36H2,1-4H3,(H,50,59)(H,51,63)(H,52,62)(H,53,58)(H,60,61). The number of nitrogens with zero attached hydrogens (tertiary/aromatic N) is 4. The summed E-state index contributed by atoms with van der Waals surface area (Å²) >= 11 is 0. The molecule has 2 atom stereocenters. The van der Waals surface area contributed by atoms with E-state index in [1.165, 1.54) is 18.2 Å². The summed E-state index contributed by atoms with van der Waals surface area (Å²) in [5.74, 6) is -2.81. The van der Waals surface area contributed by atoms with Crippen molar-refractivity contribution in [1.29, 1.82) is 0 Å². The van der Waals surface area contributed by atoms with Crippen LogP contribution in [0.2, 0.25) is 0 Å². The lowest BCUT2D eigenvalue weighted by atomic mass is 10.1. The van der Waals surface area contributed by atoms with Gasteiger partial charge in [0.15, 0.2) is 0 Å². The predicted molar refractivity (Wildman–Crippen MR) is 258 cm³/mol. The molecular formula is C48H75FN8O10S. The molecule has 5 amide bonds. The van der Waals surface area contributed by atoms with E-state index in [1.54, 1.807) is 42.2 Å². The molecule has 1 heterocycles. The van der Waals surface area contributed by atoms with Crippen molar-refractivity contribution in [1.82, 2.24) is 40.9 Å². The number of amides is 5. The molecule has 20 heteroatoms. The highest BCUT2D eigenvalue weighted by atomic mass is 32.3. The van der Waals surface area contributed by atoms with Gasteiger partial charge < -0.3 is 40.4 Å². The zero-order valence-corrected chi connectivity index (χ0v) is 41.3. The first-order valence-corrected chi connectivity index (χ1v) is 25.4. The van der Waals surface area contributed by atoms with Gasteiger partial charge in [-0.3, -0.25) is 38.6 Å². The molecule has 380 valence electrons. The molecular weight excluding hydrogens is 900 g/mol. The number of nitrogens with one attached hydrogen (secondary N) is 4. The fourth-order valence-corrected chi connectivity index (χ4v) is 8.27. The minimum absolute atomic E-state index is 0.0355.